The zero-order valence-corrected chi connectivity index (χ0v) is 21.0. The molecule has 3 atom stereocenters. The first-order valence-electron chi connectivity index (χ1n) is 12.9. The monoisotopic (exact) mass is 493 g/mol. The molecule has 1 saturated heterocycles. The van der Waals surface area contributed by atoms with Gasteiger partial charge in [0, 0.05) is 36.9 Å². The third-order valence-electron chi connectivity index (χ3n) is 7.48. The van der Waals surface area contributed by atoms with Crippen molar-refractivity contribution in [2.45, 2.75) is 51.1 Å². The Bertz CT molecular complexity index is 1130. The number of carboxylic acids is 1. The van der Waals surface area contributed by atoms with E-state index in [0.717, 1.165) is 56.2 Å². The molecule has 0 unspecified atom stereocenters. The molecule has 0 bridgehead atoms. The molecule has 192 valence electrons. The number of methoxy groups -OCH3 is 1. The van der Waals surface area contributed by atoms with Crippen LogP contribution in [0.2, 0.25) is 0 Å². The van der Waals surface area contributed by atoms with E-state index in [1.54, 1.807) is 25.6 Å². The van der Waals surface area contributed by atoms with E-state index < -0.39 is 12.1 Å². The van der Waals surface area contributed by atoms with Crippen molar-refractivity contribution in [3.05, 3.63) is 66.1 Å². The van der Waals surface area contributed by atoms with E-state index >= 15 is 4.39 Å². The first-order chi connectivity index (χ1) is 17.5. The summed E-state index contributed by atoms with van der Waals surface area (Å²) in [6.07, 6.45) is 9.27. The van der Waals surface area contributed by atoms with Crippen molar-refractivity contribution in [1.82, 2.24) is 14.9 Å². The standard InChI is InChI=1S/C29H36FN3O3/c1-36-24-8-10-28-26(18-24)25(12-15-32-28)27(30)9-6-22-13-17-33(20-23(22)7-11-29(34)35)16-3-5-21-4-2-14-31-19-21/h2,4,8,10,12,14-15,18-19,22-23,27H,3,5-7,9,11,13,16-17,20H2,1H3,(H,34,35)/t22-,23-,27-/m1/s1. The number of hydrogen-bond donors (Lipinski definition) is 1. The lowest BCUT2D eigenvalue weighted by Crippen LogP contribution is -2.41. The van der Waals surface area contributed by atoms with Crippen LogP contribution >= 0.6 is 0 Å². The van der Waals surface area contributed by atoms with Gasteiger partial charge in [-0.25, -0.2) is 4.39 Å². The molecule has 3 aromatic rings. The van der Waals surface area contributed by atoms with E-state index in [1.807, 2.05) is 30.5 Å². The van der Waals surface area contributed by atoms with Crippen LogP contribution in [0.15, 0.2) is 55.0 Å². The van der Waals surface area contributed by atoms with Crippen molar-refractivity contribution in [2.75, 3.05) is 26.7 Å². The summed E-state index contributed by atoms with van der Waals surface area (Å²) in [5.74, 6) is 0.533. The van der Waals surface area contributed by atoms with Crippen LogP contribution in [0.4, 0.5) is 4.39 Å². The van der Waals surface area contributed by atoms with Crippen LogP contribution in [-0.4, -0.2) is 52.7 Å². The van der Waals surface area contributed by atoms with Crippen LogP contribution in [0.25, 0.3) is 10.9 Å². The Labute approximate surface area is 212 Å². The normalized spacial score (nSPS) is 19.3. The first-order valence-corrected chi connectivity index (χ1v) is 12.9. The number of rotatable bonds is 12. The lowest BCUT2D eigenvalue weighted by molar-refractivity contribution is -0.137. The molecule has 1 aliphatic rings. The quantitative estimate of drug-likeness (QED) is 0.340. The van der Waals surface area contributed by atoms with Crippen LogP contribution in [-0.2, 0) is 11.2 Å². The highest BCUT2D eigenvalue weighted by atomic mass is 19.1. The van der Waals surface area contributed by atoms with Gasteiger partial charge in [0.25, 0.3) is 0 Å². The van der Waals surface area contributed by atoms with Crippen molar-refractivity contribution in [1.29, 1.82) is 0 Å². The molecule has 1 N–H and O–H groups in total. The number of pyridine rings is 2. The number of benzene rings is 1. The molecule has 2 aromatic heterocycles. The number of aliphatic carboxylic acids is 1. The average molecular weight is 494 g/mol. The van der Waals surface area contributed by atoms with Gasteiger partial charge in [-0.05, 0) is 105 Å². The minimum atomic E-state index is -1.10. The Kier molecular flexibility index (Phi) is 9.23. The van der Waals surface area contributed by atoms with Crippen LogP contribution in [0.5, 0.6) is 5.75 Å². The predicted octanol–water partition coefficient (Wildman–Crippen LogP) is 5.86. The molecule has 1 fully saturated rings. The van der Waals surface area contributed by atoms with Crippen molar-refractivity contribution in [2.24, 2.45) is 11.8 Å². The first kappa shape index (κ1) is 26.0. The molecule has 0 spiro atoms. The summed E-state index contributed by atoms with van der Waals surface area (Å²) in [5, 5.41) is 10.1. The number of aryl methyl sites for hydroxylation is 1. The number of fused-ring (bicyclic) bond motifs is 1. The minimum absolute atomic E-state index is 0.165. The highest BCUT2D eigenvalue weighted by molar-refractivity contribution is 5.83. The summed E-state index contributed by atoms with van der Waals surface area (Å²) in [4.78, 5) is 22.3. The number of ether oxygens (including phenoxy) is 1. The third kappa shape index (κ3) is 7.00. The molecule has 36 heavy (non-hydrogen) atoms. The zero-order valence-electron chi connectivity index (χ0n) is 21.0. The number of piperidine rings is 1. The van der Waals surface area contributed by atoms with Crippen molar-refractivity contribution < 1.29 is 19.0 Å². The highest BCUT2D eigenvalue weighted by Gasteiger charge is 2.30. The van der Waals surface area contributed by atoms with Gasteiger partial charge < -0.3 is 14.7 Å². The van der Waals surface area contributed by atoms with Crippen LogP contribution < -0.4 is 4.74 Å². The Morgan fingerprint density at radius 3 is 2.89 bits per heavy atom. The van der Waals surface area contributed by atoms with Crippen molar-refractivity contribution in [3.8, 4) is 5.75 Å². The maximum absolute atomic E-state index is 15.5. The van der Waals surface area contributed by atoms with E-state index in [-0.39, 0.29) is 12.3 Å². The number of aromatic nitrogens is 2. The number of likely N-dealkylation sites (tertiary alicyclic amines) is 1. The van der Waals surface area contributed by atoms with Gasteiger partial charge in [-0.2, -0.15) is 0 Å². The van der Waals surface area contributed by atoms with Gasteiger partial charge >= 0.3 is 5.97 Å². The summed E-state index contributed by atoms with van der Waals surface area (Å²) >= 11 is 0. The largest absolute Gasteiger partial charge is 0.497 e. The number of carboxylic acid groups (broad SMARTS) is 1. The fourth-order valence-electron chi connectivity index (χ4n) is 5.49. The van der Waals surface area contributed by atoms with E-state index in [0.29, 0.717) is 30.1 Å². The summed E-state index contributed by atoms with van der Waals surface area (Å²) in [7, 11) is 1.60. The third-order valence-corrected chi connectivity index (χ3v) is 7.48. The summed E-state index contributed by atoms with van der Waals surface area (Å²) in [6.45, 7) is 2.85. The molecule has 0 amide bonds. The number of carbonyl (C=O) groups is 1. The van der Waals surface area contributed by atoms with Gasteiger partial charge in [0.2, 0.25) is 0 Å². The number of alkyl halides is 1. The van der Waals surface area contributed by atoms with Gasteiger partial charge in [0.05, 0.1) is 12.6 Å². The van der Waals surface area contributed by atoms with Crippen molar-refractivity contribution in [3.63, 3.8) is 0 Å². The lowest BCUT2D eigenvalue weighted by Gasteiger charge is -2.39. The van der Waals surface area contributed by atoms with E-state index in [2.05, 4.69) is 20.9 Å². The van der Waals surface area contributed by atoms with E-state index in [9.17, 15) is 9.90 Å². The second-order valence-corrected chi connectivity index (χ2v) is 9.83. The van der Waals surface area contributed by atoms with Crippen LogP contribution in [0, 0.1) is 11.8 Å². The Balaban J connectivity index is 1.35. The minimum Gasteiger partial charge on any atom is -0.497 e. The van der Waals surface area contributed by atoms with Gasteiger partial charge in [-0.3, -0.25) is 14.8 Å². The van der Waals surface area contributed by atoms with Gasteiger partial charge in [-0.15, -0.1) is 0 Å². The molecular weight excluding hydrogens is 457 g/mol. The van der Waals surface area contributed by atoms with Gasteiger partial charge in [0.1, 0.15) is 11.9 Å². The molecule has 1 aromatic carbocycles. The highest BCUT2D eigenvalue weighted by Crippen LogP contribution is 2.36. The molecule has 0 radical (unpaired) electrons. The molecule has 7 heteroatoms. The summed E-state index contributed by atoms with van der Waals surface area (Å²) in [6, 6.07) is 11.4. The van der Waals surface area contributed by atoms with Crippen LogP contribution in [0.3, 0.4) is 0 Å². The van der Waals surface area contributed by atoms with Gasteiger partial charge in [0.15, 0.2) is 0 Å². The number of hydrogen-bond acceptors (Lipinski definition) is 5. The Hall–Kier alpha value is -3.06. The number of halogens is 1. The molecule has 4 rings (SSSR count). The second kappa shape index (κ2) is 12.8. The molecule has 0 saturated carbocycles. The Morgan fingerprint density at radius 1 is 1.22 bits per heavy atom. The average Bonchev–Trinajstić information content (AvgIpc) is 2.91. The molecular formula is C29H36FN3O3. The topological polar surface area (TPSA) is 75.5 Å². The molecule has 6 nitrogen and oxygen atoms in total. The van der Waals surface area contributed by atoms with Gasteiger partial charge in [-0.1, -0.05) is 6.07 Å². The summed E-state index contributed by atoms with van der Waals surface area (Å²) < 4.78 is 20.9. The second-order valence-electron chi connectivity index (χ2n) is 9.83. The SMILES string of the molecule is COc1ccc2nccc([C@H](F)CC[C@@H]3CCN(CCCc4cccnc4)C[C@H]3CCC(=O)O)c2c1. The predicted molar refractivity (Wildman–Crippen MR) is 139 cm³/mol. The van der Waals surface area contributed by atoms with E-state index in [1.165, 1.54) is 5.56 Å². The Morgan fingerprint density at radius 2 is 2.11 bits per heavy atom. The maximum Gasteiger partial charge on any atom is 0.303 e. The van der Waals surface area contributed by atoms with Crippen LogP contribution in [0.1, 0.15) is 55.8 Å². The molecule has 3 heterocycles. The summed E-state index contributed by atoms with van der Waals surface area (Å²) in [5.41, 5.74) is 2.65. The fraction of sp³-hybridized carbons (Fsp3) is 0.483. The lowest BCUT2D eigenvalue weighted by atomic mass is 9.79. The molecule has 1 aliphatic heterocycles. The van der Waals surface area contributed by atoms with Crippen molar-refractivity contribution >= 4 is 16.9 Å². The molecule has 0 aliphatic carbocycles. The maximum atomic E-state index is 15.5. The number of nitrogens with zero attached hydrogens (tertiary/aromatic N) is 3. The van der Waals surface area contributed by atoms with E-state index in [4.69, 9.17) is 4.74 Å². The zero-order chi connectivity index (χ0) is 25.3. The smallest absolute Gasteiger partial charge is 0.303 e. The fourth-order valence-corrected chi connectivity index (χ4v) is 5.49.